The predicted octanol–water partition coefficient (Wildman–Crippen LogP) is 5.02. The maximum Gasteiger partial charge on any atom is 0.233 e. The lowest BCUT2D eigenvalue weighted by atomic mass is 9.97. The summed E-state index contributed by atoms with van der Waals surface area (Å²) >= 11 is 6.26. The number of aryl methyl sites for hydroxylation is 1. The van der Waals surface area contributed by atoms with E-state index in [2.05, 4.69) is 4.72 Å². The van der Waals surface area contributed by atoms with E-state index >= 15 is 0 Å². The number of benzene rings is 2. The quantitative estimate of drug-likeness (QED) is 0.799. The Bertz CT molecular complexity index is 903. The van der Waals surface area contributed by atoms with Crippen molar-refractivity contribution in [2.24, 2.45) is 0 Å². The summed E-state index contributed by atoms with van der Waals surface area (Å²) in [5, 5.41) is 0.613. The van der Waals surface area contributed by atoms with Gasteiger partial charge in [-0.05, 0) is 67.5 Å². The van der Waals surface area contributed by atoms with Crippen molar-refractivity contribution in [2.45, 2.75) is 44.6 Å². The summed E-state index contributed by atoms with van der Waals surface area (Å²) in [5.74, 6) is 0.950. The maximum atomic E-state index is 12.0. The van der Waals surface area contributed by atoms with Crippen LogP contribution in [0.5, 0.6) is 5.75 Å². The van der Waals surface area contributed by atoms with Crippen molar-refractivity contribution in [2.75, 3.05) is 10.5 Å². The van der Waals surface area contributed by atoms with E-state index in [0.717, 1.165) is 35.3 Å². The predicted molar refractivity (Wildman–Crippen MR) is 106 cm³/mol. The molecule has 1 aliphatic carbocycles. The Morgan fingerprint density at radius 3 is 2.50 bits per heavy atom. The second kappa shape index (κ2) is 7.12. The Morgan fingerprint density at radius 1 is 1.04 bits per heavy atom. The Labute approximate surface area is 159 Å². The summed E-state index contributed by atoms with van der Waals surface area (Å²) < 4.78 is 32.8. The van der Waals surface area contributed by atoms with Gasteiger partial charge < -0.3 is 4.74 Å². The molecule has 138 valence electrons. The molecule has 4 rings (SSSR count). The molecule has 0 amide bonds. The minimum atomic E-state index is -3.28. The third-order valence-electron chi connectivity index (χ3n) is 5.10. The number of sulfonamides is 1. The molecule has 0 unspecified atom stereocenters. The molecule has 2 aromatic rings. The van der Waals surface area contributed by atoms with Crippen LogP contribution in [-0.4, -0.2) is 20.3 Å². The summed E-state index contributed by atoms with van der Waals surface area (Å²) in [6.07, 6.45) is 6.78. The largest absolute Gasteiger partial charge is 0.490 e. The summed E-state index contributed by atoms with van der Waals surface area (Å²) in [4.78, 5) is 0. The van der Waals surface area contributed by atoms with Gasteiger partial charge in [-0.25, -0.2) is 8.42 Å². The molecule has 26 heavy (non-hydrogen) atoms. The molecule has 2 aliphatic rings. The lowest BCUT2D eigenvalue weighted by Gasteiger charge is -2.24. The van der Waals surface area contributed by atoms with Gasteiger partial charge in [0, 0.05) is 10.6 Å². The zero-order valence-electron chi connectivity index (χ0n) is 14.5. The van der Waals surface area contributed by atoms with Gasteiger partial charge in [-0.3, -0.25) is 4.72 Å². The number of fused-ring (bicyclic) bond motifs is 1. The fraction of sp³-hybridized carbons (Fsp3) is 0.400. The highest BCUT2D eigenvalue weighted by Gasteiger charge is 2.24. The molecular formula is C20H22ClNO3S. The average molecular weight is 392 g/mol. The van der Waals surface area contributed by atoms with Crippen LogP contribution >= 0.6 is 11.6 Å². The molecule has 1 saturated carbocycles. The van der Waals surface area contributed by atoms with E-state index in [1.54, 1.807) is 0 Å². The molecule has 1 fully saturated rings. The van der Waals surface area contributed by atoms with Crippen molar-refractivity contribution in [3.8, 4) is 16.9 Å². The molecular weight excluding hydrogens is 370 g/mol. The summed E-state index contributed by atoms with van der Waals surface area (Å²) in [5.41, 5.74) is 3.30. The number of hydrogen-bond acceptors (Lipinski definition) is 3. The first-order chi connectivity index (χ1) is 12.5. The fourth-order valence-electron chi connectivity index (χ4n) is 3.75. The van der Waals surface area contributed by atoms with Crippen LogP contribution in [0.1, 0.15) is 37.7 Å². The summed E-state index contributed by atoms with van der Waals surface area (Å²) in [7, 11) is -3.28. The molecule has 0 aromatic heterocycles. The Morgan fingerprint density at radius 2 is 1.77 bits per heavy atom. The van der Waals surface area contributed by atoms with E-state index in [0.29, 0.717) is 23.2 Å². The van der Waals surface area contributed by atoms with Crippen molar-refractivity contribution in [3.63, 3.8) is 0 Å². The lowest BCUT2D eigenvalue weighted by Crippen LogP contribution is -2.24. The number of hydrogen-bond donors (Lipinski definition) is 1. The summed E-state index contributed by atoms with van der Waals surface area (Å²) in [6, 6.07) is 11.5. The van der Waals surface area contributed by atoms with Crippen LogP contribution in [0.25, 0.3) is 11.1 Å². The number of nitrogens with one attached hydrogen (secondary N) is 1. The van der Waals surface area contributed by atoms with Crippen molar-refractivity contribution < 1.29 is 13.2 Å². The van der Waals surface area contributed by atoms with Crippen LogP contribution in [0.4, 0.5) is 5.69 Å². The van der Waals surface area contributed by atoms with E-state index in [1.807, 2.05) is 36.4 Å². The second-order valence-electron chi connectivity index (χ2n) is 7.06. The van der Waals surface area contributed by atoms with Crippen molar-refractivity contribution in [1.82, 2.24) is 0 Å². The standard InChI is InChI=1S/C20H22ClNO3S/c21-16-12-15-10-11-26(23,24)22-20(15)19(13-16)14-6-8-18(9-7-14)25-17-4-2-1-3-5-17/h6-9,12-13,17,22H,1-5,10-11H2. The Kier molecular flexibility index (Phi) is 4.84. The van der Waals surface area contributed by atoms with Crippen LogP contribution < -0.4 is 9.46 Å². The minimum absolute atomic E-state index is 0.0912. The monoisotopic (exact) mass is 391 g/mol. The average Bonchev–Trinajstić information content (AvgIpc) is 2.63. The zero-order valence-corrected chi connectivity index (χ0v) is 16.1. The molecule has 1 aliphatic heterocycles. The van der Waals surface area contributed by atoms with E-state index in [4.69, 9.17) is 16.3 Å². The third kappa shape index (κ3) is 3.84. The third-order valence-corrected chi connectivity index (χ3v) is 6.58. The summed E-state index contributed by atoms with van der Waals surface area (Å²) in [6.45, 7) is 0. The highest BCUT2D eigenvalue weighted by atomic mass is 35.5. The molecule has 6 heteroatoms. The van der Waals surface area contributed by atoms with Gasteiger partial charge in [0.1, 0.15) is 5.75 Å². The molecule has 1 N–H and O–H groups in total. The van der Waals surface area contributed by atoms with Gasteiger partial charge in [0.25, 0.3) is 0 Å². The molecule has 1 heterocycles. The van der Waals surface area contributed by atoms with Crippen LogP contribution in [0.15, 0.2) is 36.4 Å². The van der Waals surface area contributed by atoms with E-state index < -0.39 is 10.0 Å². The first-order valence-electron chi connectivity index (χ1n) is 9.10. The SMILES string of the molecule is O=S1(=O)CCc2cc(Cl)cc(-c3ccc(OC4CCCCC4)cc3)c2N1. The molecule has 0 atom stereocenters. The molecule has 4 nitrogen and oxygen atoms in total. The van der Waals surface area contributed by atoms with Gasteiger partial charge in [-0.1, -0.05) is 30.2 Å². The van der Waals surface area contributed by atoms with E-state index in [-0.39, 0.29) is 5.75 Å². The first-order valence-corrected chi connectivity index (χ1v) is 11.1. The fourth-order valence-corrected chi connectivity index (χ4v) is 5.13. The van der Waals surface area contributed by atoms with Gasteiger partial charge in [-0.2, -0.15) is 0 Å². The lowest BCUT2D eigenvalue weighted by molar-refractivity contribution is 0.155. The van der Waals surface area contributed by atoms with Crippen LogP contribution in [0.3, 0.4) is 0 Å². The van der Waals surface area contributed by atoms with E-state index in [1.165, 1.54) is 19.3 Å². The van der Waals surface area contributed by atoms with Gasteiger partial charge in [0.15, 0.2) is 0 Å². The Balaban J connectivity index is 1.62. The number of halogens is 1. The first kappa shape index (κ1) is 17.7. The Hall–Kier alpha value is -1.72. The van der Waals surface area contributed by atoms with Crippen LogP contribution in [-0.2, 0) is 16.4 Å². The molecule has 0 bridgehead atoms. The van der Waals surface area contributed by atoms with Gasteiger partial charge in [-0.15, -0.1) is 0 Å². The number of ether oxygens (including phenoxy) is 1. The number of rotatable bonds is 3. The van der Waals surface area contributed by atoms with E-state index in [9.17, 15) is 8.42 Å². The topological polar surface area (TPSA) is 55.4 Å². The minimum Gasteiger partial charge on any atom is -0.490 e. The maximum absolute atomic E-state index is 12.0. The van der Waals surface area contributed by atoms with Crippen molar-refractivity contribution in [1.29, 1.82) is 0 Å². The van der Waals surface area contributed by atoms with Crippen LogP contribution in [0, 0.1) is 0 Å². The smallest absolute Gasteiger partial charge is 0.233 e. The number of anilines is 1. The van der Waals surface area contributed by atoms with Crippen molar-refractivity contribution >= 4 is 27.3 Å². The highest BCUT2D eigenvalue weighted by molar-refractivity contribution is 7.92. The van der Waals surface area contributed by atoms with Gasteiger partial charge >= 0.3 is 0 Å². The molecule has 0 saturated heterocycles. The molecule has 2 aromatic carbocycles. The highest BCUT2D eigenvalue weighted by Crippen LogP contribution is 2.38. The normalized spacial score (nSPS) is 19.4. The van der Waals surface area contributed by atoms with Gasteiger partial charge in [0.2, 0.25) is 10.0 Å². The van der Waals surface area contributed by atoms with Crippen LogP contribution in [0.2, 0.25) is 5.02 Å². The van der Waals surface area contributed by atoms with Gasteiger partial charge in [0.05, 0.1) is 17.5 Å². The molecule has 0 radical (unpaired) electrons. The zero-order chi connectivity index (χ0) is 18.1. The second-order valence-corrected chi connectivity index (χ2v) is 9.34. The molecule has 0 spiro atoms. The van der Waals surface area contributed by atoms with Crippen molar-refractivity contribution in [3.05, 3.63) is 47.0 Å².